The molecule has 1 amide bonds. The summed E-state index contributed by atoms with van der Waals surface area (Å²) in [5, 5.41) is 6.07. The highest BCUT2D eigenvalue weighted by Crippen LogP contribution is 2.13. The van der Waals surface area contributed by atoms with Crippen LogP contribution in [0.5, 0.6) is 5.75 Å². The zero-order valence-electron chi connectivity index (χ0n) is 10.9. The third kappa shape index (κ3) is 4.06. The first-order valence-electron chi connectivity index (χ1n) is 6.39. The first-order chi connectivity index (χ1) is 9.15. The van der Waals surface area contributed by atoms with Crippen LogP contribution in [0.4, 0.5) is 0 Å². The fourth-order valence-electron chi connectivity index (χ4n) is 2.00. The van der Waals surface area contributed by atoms with Gasteiger partial charge in [-0.25, -0.2) is 0 Å². The average Bonchev–Trinajstić information content (AvgIpc) is 2.89. The molecule has 1 aliphatic rings. The van der Waals surface area contributed by atoms with Gasteiger partial charge in [-0.3, -0.25) is 9.59 Å². The molecule has 102 valence electrons. The van der Waals surface area contributed by atoms with Gasteiger partial charge < -0.3 is 15.4 Å². The third-order valence-corrected chi connectivity index (χ3v) is 3.04. The highest BCUT2D eigenvalue weighted by atomic mass is 16.5. The van der Waals surface area contributed by atoms with E-state index in [9.17, 15) is 9.59 Å². The Labute approximate surface area is 112 Å². The van der Waals surface area contributed by atoms with E-state index in [-0.39, 0.29) is 24.3 Å². The van der Waals surface area contributed by atoms with Crippen LogP contribution < -0.4 is 15.4 Å². The summed E-state index contributed by atoms with van der Waals surface area (Å²) in [6.07, 6.45) is 0.950. The van der Waals surface area contributed by atoms with Crippen molar-refractivity contribution in [2.24, 2.45) is 0 Å². The predicted octanol–water partition coefficient (Wildman–Crippen LogP) is 0.746. The van der Waals surface area contributed by atoms with Gasteiger partial charge >= 0.3 is 0 Å². The molecule has 1 unspecified atom stereocenters. The number of carbonyl (C=O) groups is 2. The monoisotopic (exact) mass is 262 g/mol. The lowest BCUT2D eigenvalue weighted by Crippen LogP contribution is -2.39. The maximum absolute atomic E-state index is 11.7. The molecular weight excluding hydrogens is 244 g/mol. The Bertz CT molecular complexity index is 468. The van der Waals surface area contributed by atoms with E-state index in [0.717, 1.165) is 19.5 Å². The minimum atomic E-state index is -0.137. The molecule has 19 heavy (non-hydrogen) atoms. The second kappa shape index (κ2) is 6.33. The van der Waals surface area contributed by atoms with E-state index in [1.165, 1.54) is 6.92 Å². The van der Waals surface area contributed by atoms with Gasteiger partial charge in [0, 0.05) is 18.2 Å². The van der Waals surface area contributed by atoms with Crippen molar-refractivity contribution in [1.82, 2.24) is 10.6 Å². The van der Waals surface area contributed by atoms with E-state index >= 15 is 0 Å². The van der Waals surface area contributed by atoms with Gasteiger partial charge in [0.25, 0.3) is 5.91 Å². The minimum Gasteiger partial charge on any atom is -0.484 e. The molecule has 0 aliphatic carbocycles. The zero-order chi connectivity index (χ0) is 13.7. The van der Waals surface area contributed by atoms with Gasteiger partial charge in [0.1, 0.15) is 5.75 Å². The Kier molecular flexibility index (Phi) is 4.52. The molecule has 1 aromatic carbocycles. The van der Waals surface area contributed by atoms with Gasteiger partial charge in [0.2, 0.25) is 0 Å². The topological polar surface area (TPSA) is 67.4 Å². The Hall–Kier alpha value is -1.88. The first-order valence-corrected chi connectivity index (χ1v) is 6.39. The fourth-order valence-corrected chi connectivity index (χ4v) is 2.00. The number of hydrogen-bond acceptors (Lipinski definition) is 4. The number of carbonyl (C=O) groups excluding carboxylic acids is 2. The van der Waals surface area contributed by atoms with Crippen LogP contribution in [0.15, 0.2) is 24.3 Å². The molecule has 0 aromatic heterocycles. The highest BCUT2D eigenvalue weighted by Gasteiger charge is 2.16. The summed E-state index contributed by atoms with van der Waals surface area (Å²) in [4.78, 5) is 22.9. The predicted molar refractivity (Wildman–Crippen MR) is 71.4 cm³/mol. The average molecular weight is 262 g/mol. The molecule has 1 aliphatic heterocycles. The van der Waals surface area contributed by atoms with Crippen molar-refractivity contribution in [3.8, 4) is 5.75 Å². The number of rotatable bonds is 5. The van der Waals surface area contributed by atoms with E-state index < -0.39 is 0 Å². The molecule has 2 rings (SSSR count). The second-order valence-corrected chi connectivity index (χ2v) is 4.63. The maximum Gasteiger partial charge on any atom is 0.258 e. The summed E-state index contributed by atoms with van der Waals surface area (Å²) >= 11 is 0. The SMILES string of the molecule is CC(=O)c1cccc(OCC(=O)NC2CCNC2)c1. The minimum absolute atomic E-state index is 0.0214. The second-order valence-electron chi connectivity index (χ2n) is 4.63. The number of ketones is 1. The standard InChI is InChI=1S/C14H18N2O3/c1-10(17)11-3-2-4-13(7-11)19-9-14(18)16-12-5-6-15-8-12/h2-4,7,12,15H,5-6,8-9H2,1H3,(H,16,18). The third-order valence-electron chi connectivity index (χ3n) is 3.04. The highest BCUT2D eigenvalue weighted by molar-refractivity contribution is 5.94. The summed E-state index contributed by atoms with van der Waals surface area (Å²) in [5.74, 6) is 0.376. The van der Waals surface area contributed by atoms with Gasteiger partial charge in [-0.2, -0.15) is 0 Å². The number of Topliss-reactive ketones (excluding diaryl/α,β-unsaturated/α-hetero) is 1. The zero-order valence-corrected chi connectivity index (χ0v) is 10.9. The van der Waals surface area contributed by atoms with Gasteiger partial charge in [-0.1, -0.05) is 12.1 Å². The quantitative estimate of drug-likeness (QED) is 0.768. The molecule has 0 saturated carbocycles. The molecule has 1 saturated heterocycles. The lowest BCUT2D eigenvalue weighted by Gasteiger charge is -2.12. The molecule has 0 radical (unpaired) electrons. The Morgan fingerprint density at radius 2 is 2.32 bits per heavy atom. The number of ether oxygens (including phenoxy) is 1. The van der Waals surface area contributed by atoms with E-state index in [1.54, 1.807) is 24.3 Å². The van der Waals surface area contributed by atoms with Crippen molar-refractivity contribution in [2.75, 3.05) is 19.7 Å². The van der Waals surface area contributed by atoms with Crippen LogP contribution in [0.2, 0.25) is 0 Å². The van der Waals surface area contributed by atoms with Gasteiger partial charge in [0.05, 0.1) is 0 Å². The fraction of sp³-hybridized carbons (Fsp3) is 0.429. The summed E-state index contributed by atoms with van der Waals surface area (Å²) in [6.45, 7) is 3.22. The largest absolute Gasteiger partial charge is 0.484 e. The Balaban J connectivity index is 1.82. The molecule has 1 fully saturated rings. The van der Waals surface area contributed by atoms with Crippen molar-refractivity contribution >= 4 is 11.7 Å². The van der Waals surface area contributed by atoms with Gasteiger partial charge in [-0.05, 0) is 32.0 Å². The summed E-state index contributed by atoms with van der Waals surface area (Å²) in [5.41, 5.74) is 0.581. The van der Waals surface area contributed by atoms with Crippen LogP contribution in [0.3, 0.4) is 0 Å². The van der Waals surface area contributed by atoms with Crippen LogP contribution in [0.25, 0.3) is 0 Å². The maximum atomic E-state index is 11.7. The summed E-state index contributed by atoms with van der Waals surface area (Å²) in [7, 11) is 0. The van der Waals surface area contributed by atoms with Crippen LogP contribution in [0, 0.1) is 0 Å². The Morgan fingerprint density at radius 1 is 1.47 bits per heavy atom. The molecule has 5 nitrogen and oxygen atoms in total. The molecule has 0 spiro atoms. The van der Waals surface area contributed by atoms with E-state index in [4.69, 9.17) is 4.74 Å². The smallest absolute Gasteiger partial charge is 0.258 e. The van der Waals surface area contributed by atoms with E-state index in [0.29, 0.717) is 11.3 Å². The van der Waals surface area contributed by atoms with Crippen molar-refractivity contribution in [2.45, 2.75) is 19.4 Å². The number of hydrogen-bond donors (Lipinski definition) is 2. The Morgan fingerprint density at radius 3 is 3.00 bits per heavy atom. The summed E-state index contributed by atoms with van der Waals surface area (Å²) in [6, 6.07) is 7.04. The first kappa shape index (κ1) is 13.5. The molecule has 5 heteroatoms. The number of nitrogens with one attached hydrogen (secondary N) is 2. The lowest BCUT2D eigenvalue weighted by atomic mass is 10.1. The van der Waals surface area contributed by atoms with Gasteiger partial charge in [-0.15, -0.1) is 0 Å². The van der Waals surface area contributed by atoms with Crippen LogP contribution >= 0.6 is 0 Å². The number of amides is 1. The summed E-state index contributed by atoms with van der Waals surface area (Å²) < 4.78 is 5.38. The lowest BCUT2D eigenvalue weighted by molar-refractivity contribution is -0.123. The van der Waals surface area contributed by atoms with Gasteiger partial charge in [0.15, 0.2) is 12.4 Å². The van der Waals surface area contributed by atoms with E-state index in [1.807, 2.05) is 0 Å². The van der Waals surface area contributed by atoms with Crippen LogP contribution in [0.1, 0.15) is 23.7 Å². The molecule has 1 heterocycles. The van der Waals surface area contributed by atoms with Crippen molar-refractivity contribution < 1.29 is 14.3 Å². The molecular formula is C14H18N2O3. The molecule has 2 N–H and O–H groups in total. The van der Waals surface area contributed by atoms with Crippen LogP contribution in [-0.4, -0.2) is 37.4 Å². The molecule has 1 atom stereocenters. The normalized spacial score (nSPS) is 18.1. The van der Waals surface area contributed by atoms with Crippen molar-refractivity contribution in [3.05, 3.63) is 29.8 Å². The van der Waals surface area contributed by atoms with Crippen molar-refractivity contribution in [1.29, 1.82) is 0 Å². The molecule has 1 aromatic rings. The molecule has 0 bridgehead atoms. The number of benzene rings is 1. The van der Waals surface area contributed by atoms with Crippen molar-refractivity contribution in [3.63, 3.8) is 0 Å². The van der Waals surface area contributed by atoms with E-state index in [2.05, 4.69) is 10.6 Å². The van der Waals surface area contributed by atoms with Crippen LogP contribution in [-0.2, 0) is 4.79 Å².